The maximum atomic E-state index is 12.8. The Morgan fingerprint density at radius 2 is 1.90 bits per heavy atom. The molecule has 2 aliphatic heterocycles. The average molecular weight is 287 g/mol. The van der Waals surface area contributed by atoms with Crippen LogP contribution < -0.4 is 10.6 Å². The molecule has 1 aromatic carbocycles. The van der Waals surface area contributed by atoms with Gasteiger partial charge in [0.15, 0.2) is 0 Å². The SMILES string of the molecule is CC(C)C1CCN(C(=O)c2cccc3c2NCCN3)CC1. The molecule has 21 heavy (non-hydrogen) atoms. The third kappa shape index (κ3) is 2.85. The van der Waals surface area contributed by atoms with Gasteiger partial charge in [-0.05, 0) is 36.8 Å². The number of fused-ring (bicyclic) bond motifs is 1. The van der Waals surface area contributed by atoms with Crippen LogP contribution in [-0.4, -0.2) is 37.0 Å². The Bertz CT molecular complexity index is 519. The number of anilines is 2. The summed E-state index contributed by atoms with van der Waals surface area (Å²) in [7, 11) is 0. The highest BCUT2D eigenvalue weighted by molar-refractivity contribution is 6.02. The first-order chi connectivity index (χ1) is 10.2. The molecular weight excluding hydrogens is 262 g/mol. The molecule has 114 valence electrons. The lowest BCUT2D eigenvalue weighted by molar-refractivity contribution is 0.0668. The molecule has 4 nitrogen and oxygen atoms in total. The van der Waals surface area contributed by atoms with E-state index in [4.69, 9.17) is 0 Å². The van der Waals surface area contributed by atoms with Crippen LogP contribution in [0.3, 0.4) is 0 Å². The number of carbonyl (C=O) groups is 1. The van der Waals surface area contributed by atoms with Crippen LogP contribution in [0.2, 0.25) is 0 Å². The second kappa shape index (κ2) is 5.96. The topological polar surface area (TPSA) is 44.4 Å². The molecule has 4 heteroatoms. The molecule has 0 bridgehead atoms. The van der Waals surface area contributed by atoms with Gasteiger partial charge in [-0.15, -0.1) is 0 Å². The van der Waals surface area contributed by atoms with Crippen LogP contribution in [0.15, 0.2) is 18.2 Å². The molecule has 0 aromatic heterocycles. The van der Waals surface area contributed by atoms with E-state index in [1.54, 1.807) is 0 Å². The minimum absolute atomic E-state index is 0.172. The Morgan fingerprint density at radius 3 is 2.62 bits per heavy atom. The smallest absolute Gasteiger partial charge is 0.256 e. The number of para-hydroxylation sites is 1. The van der Waals surface area contributed by atoms with Crippen molar-refractivity contribution in [1.29, 1.82) is 0 Å². The Balaban J connectivity index is 1.75. The van der Waals surface area contributed by atoms with Gasteiger partial charge in [-0.1, -0.05) is 19.9 Å². The molecule has 1 fully saturated rings. The Morgan fingerprint density at radius 1 is 1.19 bits per heavy atom. The molecule has 0 spiro atoms. The van der Waals surface area contributed by atoms with Crippen molar-refractivity contribution in [2.75, 3.05) is 36.8 Å². The molecule has 0 saturated carbocycles. The molecular formula is C17H25N3O. The Labute approximate surface area is 126 Å². The van der Waals surface area contributed by atoms with Gasteiger partial charge in [-0.2, -0.15) is 0 Å². The highest BCUT2D eigenvalue weighted by atomic mass is 16.2. The van der Waals surface area contributed by atoms with Crippen LogP contribution in [0, 0.1) is 11.8 Å². The van der Waals surface area contributed by atoms with E-state index in [1.807, 2.05) is 23.1 Å². The molecule has 1 aromatic rings. The number of hydrogen-bond acceptors (Lipinski definition) is 3. The predicted molar refractivity (Wildman–Crippen MR) is 86.9 cm³/mol. The van der Waals surface area contributed by atoms with Gasteiger partial charge >= 0.3 is 0 Å². The van der Waals surface area contributed by atoms with E-state index in [0.29, 0.717) is 0 Å². The summed E-state index contributed by atoms with van der Waals surface area (Å²) < 4.78 is 0. The van der Waals surface area contributed by atoms with E-state index < -0.39 is 0 Å². The Kier molecular flexibility index (Phi) is 4.04. The first kappa shape index (κ1) is 14.2. The number of rotatable bonds is 2. The lowest BCUT2D eigenvalue weighted by Crippen LogP contribution is -2.40. The van der Waals surface area contributed by atoms with Crippen molar-refractivity contribution < 1.29 is 4.79 Å². The average Bonchev–Trinajstić information content (AvgIpc) is 2.53. The fourth-order valence-corrected chi connectivity index (χ4v) is 3.39. The van der Waals surface area contributed by atoms with E-state index in [9.17, 15) is 4.79 Å². The second-order valence-electron chi connectivity index (χ2n) is 6.46. The first-order valence-corrected chi connectivity index (χ1v) is 8.07. The summed E-state index contributed by atoms with van der Waals surface area (Å²) >= 11 is 0. The molecule has 2 heterocycles. The van der Waals surface area contributed by atoms with Crippen molar-refractivity contribution in [3.05, 3.63) is 23.8 Å². The maximum absolute atomic E-state index is 12.8. The minimum atomic E-state index is 0.172. The number of amides is 1. The number of nitrogens with one attached hydrogen (secondary N) is 2. The summed E-state index contributed by atoms with van der Waals surface area (Å²) in [6, 6.07) is 5.94. The van der Waals surface area contributed by atoms with E-state index in [-0.39, 0.29) is 5.91 Å². The van der Waals surface area contributed by atoms with Crippen molar-refractivity contribution in [3.8, 4) is 0 Å². The molecule has 2 aliphatic rings. The zero-order valence-corrected chi connectivity index (χ0v) is 13.0. The van der Waals surface area contributed by atoms with E-state index >= 15 is 0 Å². The van der Waals surface area contributed by atoms with Gasteiger partial charge in [-0.3, -0.25) is 4.79 Å². The number of carbonyl (C=O) groups excluding carboxylic acids is 1. The lowest BCUT2D eigenvalue weighted by Gasteiger charge is -2.34. The fraction of sp³-hybridized carbons (Fsp3) is 0.588. The second-order valence-corrected chi connectivity index (χ2v) is 6.46. The summed E-state index contributed by atoms with van der Waals surface area (Å²) in [5, 5.41) is 6.72. The van der Waals surface area contributed by atoms with E-state index in [2.05, 4.69) is 24.5 Å². The molecule has 0 radical (unpaired) electrons. The van der Waals surface area contributed by atoms with Gasteiger partial charge in [0.2, 0.25) is 0 Å². The number of benzene rings is 1. The van der Waals surface area contributed by atoms with Crippen LogP contribution in [0.1, 0.15) is 37.0 Å². The number of likely N-dealkylation sites (tertiary alicyclic amines) is 1. The van der Waals surface area contributed by atoms with Gasteiger partial charge in [0.25, 0.3) is 5.91 Å². The van der Waals surface area contributed by atoms with Gasteiger partial charge in [0.05, 0.1) is 16.9 Å². The lowest BCUT2D eigenvalue weighted by atomic mass is 9.86. The van der Waals surface area contributed by atoms with Gasteiger partial charge < -0.3 is 15.5 Å². The zero-order valence-electron chi connectivity index (χ0n) is 13.0. The van der Waals surface area contributed by atoms with E-state index in [1.165, 1.54) is 0 Å². The molecule has 0 atom stereocenters. The highest BCUT2D eigenvalue weighted by Gasteiger charge is 2.27. The standard InChI is InChI=1S/C17H25N3O/c1-12(2)13-6-10-20(11-7-13)17(21)14-4-3-5-15-16(14)19-9-8-18-15/h3-5,12-13,18-19H,6-11H2,1-2H3. The first-order valence-electron chi connectivity index (χ1n) is 8.07. The van der Waals surface area contributed by atoms with Crippen molar-refractivity contribution in [1.82, 2.24) is 4.90 Å². The van der Waals surface area contributed by atoms with Crippen LogP contribution in [0.5, 0.6) is 0 Å². The third-order valence-electron chi connectivity index (χ3n) is 4.81. The summed E-state index contributed by atoms with van der Waals surface area (Å²) in [6.45, 7) is 8.12. The van der Waals surface area contributed by atoms with Crippen molar-refractivity contribution >= 4 is 17.3 Å². The van der Waals surface area contributed by atoms with Crippen LogP contribution >= 0.6 is 0 Å². The fourth-order valence-electron chi connectivity index (χ4n) is 3.39. The summed E-state index contributed by atoms with van der Waals surface area (Å²) in [5.74, 6) is 1.65. The maximum Gasteiger partial charge on any atom is 0.256 e. The minimum Gasteiger partial charge on any atom is -0.382 e. The Hall–Kier alpha value is -1.71. The van der Waals surface area contributed by atoms with Gasteiger partial charge in [-0.25, -0.2) is 0 Å². The van der Waals surface area contributed by atoms with Gasteiger partial charge in [0, 0.05) is 26.2 Å². The highest BCUT2D eigenvalue weighted by Crippen LogP contribution is 2.31. The summed E-state index contributed by atoms with van der Waals surface area (Å²) in [4.78, 5) is 14.8. The molecule has 1 amide bonds. The summed E-state index contributed by atoms with van der Waals surface area (Å²) in [6.07, 6.45) is 2.26. The zero-order chi connectivity index (χ0) is 14.8. The molecule has 3 rings (SSSR count). The number of hydrogen-bond donors (Lipinski definition) is 2. The van der Waals surface area contributed by atoms with Crippen LogP contribution in [-0.2, 0) is 0 Å². The molecule has 0 unspecified atom stereocenters. The van der Waals surface area contributed by atoms with Gasteiger partial charge in [0.1, 0.15) is 0 Å². The third-order valence-corrected chi connectivity index (χ3v) is 4.81. The normalized spacial score (nSPS) is 18.9. The van der Waals surface area contributed by atoms with Crippen LogP contribution in [0.4, 0.5) is 11.4 Å². The molecule has 0 aliphatic carbocycles. The quantitative estimate of drug-likeness (QED) is 0.879. The van der Waals surface area contributed by atoms with Crippen molar-refractivity contribution in [3.63, 3.8) is 0 Å². The van der Waals surface area contributed by atoms with Crippen LogP contribution in [0.25, 0.3) is 0 Å². The molecule has 1 saturated heterocycles. The monoisotopic (exact) mass is 287 g/mol. The predicted octanol–water partition coefficient (Wildman–Crippen LogP) is 3.03. The number of nitrogens with zero attached hydrogens (tertiary/aromatic N) is 1. The number of piperidine rings is 1. The molecule has 2 N–H and O–H groups in total. The van der Waals surface area contributed by atoms with Crippen molar-refractivity contribution in [2.24, 2.45) is 11.8 Å². The summed E-state index contributed by atoms with van der Waals surface area (Å²) in [5.41, 5.74) is 2.83. The van der Waals surface area contributed by atoms with E-state index in [0.717, 1.165) is 67.8 Å². The largest absolute Gasteiger partial charge is 0.382 e. The van der Waals surface area contributed by atoms with Crippen molar-refractivity contribution in [2.45, 2.75) is 26.7 Å².